The molecule has 0 aromatic heterocycles. The van der Waals surface area contributed by atoms with Crippen LogP contribution in [0, 0.1) is 0 Å². The average Bonchev–Trinajstić information content (AvgIpc) is 2.47. The Morgan fingerprint density at radius 1 is 1.25 bits per heavy atom. The van der Waals surface area contributed by atoms with Crippen molar-refractivity contribution in [2.24, 2.45) is 0 Å². The molecule has 7 heteroatoms. The molecule has 0 atom stereocenters. The summed E-state index contributed by atoms with van der Waals surface area (Å²) in [7, 11) is -3.59. The van der Waals surface area contributed by atoms with Crippen LogP contribution in [0.25, 0.3) is 0 Å². The van der Waals surface area contributed by atoms with Gasteiger partial charge in [0, 0.05) is 17.6 Å². The number of carbonyl (C=O) groups excluding carboxylic acids is 1. The Hall–Kier alpha value is -1.27. The van der Waals surface area contributed by atoms with Gasteiger partial charge in [0.2, 0.25) is 15.9 Å². The molecule has 0 radical (unpaired) electrons. The zero-order chi connectivity index (χ0) is 18.3. The van der Waals surface area contributed by atoms with E-state index < -0.39 is 10.0 Å². The number of anilines is 1. The maximum Gasteiger partial charge on any atom is 0.243 e. The minimum atomic E-state index is -3.59. The number of amides is 1. The fourth-order valence-electron chi connectivity index (χ4n) is 2.45. The van der Waals surface area contributed by atoms with Crippen LogP contribution in [0.2, 0.25) is 5.02 Å². The topological polar surface area (TPSA) is 57.7 Å². The minimum Gasteiger partial charge on any atom is -0.339 e. The summed E-state index contributed by atoms with van der Waals surface area (Å²) in [5.74, 6) is -0.202. The van der Waals surface area contributed by atoms with Crippen LogP contribution in [0.3, 0.4) is 0 Å². The standard InChI is InChI=1S/C17H27ClN2O3S/c1-5-6-7-11-19(14(2)3)17(21)13-20(24(4,22)23)16-10-8-9-15(18)12-16/h8-10,12,14H,5-7,11,13H2,1-4H3. The normalized spacial score (nSPS) is 11.6. The molecule has 0 aliphatic heterocycles. The lowest BCUT2D eigenvalue weighted by Crippen LogP contribution is -2.45. The van der Waals surface area contributed by atoms with Gasteiger partial charge in [-0.25, -0.2) is 8.42 Å². The van der Waals surface area contributed by atoms with E-state index in [0.717, 1.165) is 29.8 Å². The van der Waals surface area contributed by atoms with Gasteiger partial charge < -0.3 is 4.90 Å². The van der Waals surface area contributed by atoms with E-state index in [4.69, 9.17) is 11.6 Å². The fourth-order valence-corrected chi connectivity index (χ4v) is 3.47. The number of benzene rings is 1. The predicted octanol–water partition coefficient (Wildman–Crippen LogP) is 3.53. The summed E-state index contributed by atoms with van der Waals surface area (Å²) in [5, 5.41) is 0.428. The maximum absolute atomic E-state index is 12.7. The molecule has 0 saturated heterocycles. The van der Waals surface area contributed by atoms with Gasteiger partial charge in [0.25, 0.3) is 0 Å². The molecule has 0 saturated carbocycles. The van der Waals surface area contributed by atoms with Crippen LogP contribution in [0.15, 0.2) is 24.3 Å². The second-order valence-corrected chi connectivity index (χ2v) is 8.48. The molecular weight excluding hydrogens is 348 g/mol. The van der Waals surface area contributed by atoms with E-state index in [1.54, 1.807) is 29.2 Å². The Morgan fingerprint density at radius 3 is 2.42 bits per heavy atom. The van der Waals surface area contributed by atoms with Gasteiger partial charge in [0.1, 0.15) is 6.54 Å². The molecule has 0 spiro atoms. The third kappa shape index (κ3) is 6.32. The SMILES string of the molecule is CCCCCN(C(=O)CN(c1cccc(Cl)c1)S(C)(=O)=O)C(C)C. The van der Waals surface area contributed by atoms with Crippen LogP contribution in [0.5, 0.6) is 0 Å². The molecule has 0 aliphatic rings. The molecular formula is C17H27ClN2O3S. The van der Waals surface area contributed by atoms with Gasteiger partial charge in [-0.2, -0.15) is 0 Å². The summed E-state index contributed by atoms with van der Waals surface area (Å²) in [6, 6.07) is 6.54. The number of sulfonamides is 1. The first-order valence-corrected chi connectivity index (χ1v) is 10.4. The predicted molar refractivity (Wildman–Crippen MR) is 100 cm³/mol. The van der Waals surface area contributed by atoms with Crippen molar-refractivity contribution >= 4 is 33.2 Å². The van der Waals surface area contributed by atoms with E-state index in [1.807, 2.05) is 13.8 Å². The molecule has 0 fully saturated rings. The number of hydrogen-bond acceptors (Lipinski definition) is 3. The van der Waals surface area contributed by atoms with Crippen molar-refractivity contribution in [2.45, 2.75) is 46.1 Å². The number of unbranched alkanes of at least 4 members (excludes halogenated alkanes) is 2. The highest BCUT2D eigenvalue weighted by molar-refractivity contribution is 7.92. The first-order chi connectivity index (χ1) is 11.2. The molecule has 0 aliphatic carbocycles. The van der Waals surface area contributed by atoms with Crippen molar-refractivity contribution in [2.75, 3.05) is 23.7 Å². The summed E-state index contributed by atoms with van der Waals surface area (Å²) in [6.07, 6.45) is 4.12. The molecule has 0 N–H and O–H groups in total. The van der Waals surface area contributed by atoms with Crippen molar-refractivity contribution < 1.29 is 13.2 Å². The van der Waals surface area contributed by atoms with E-state index >= 15 is 0 Å². The summed E-state index contributed by atoms with van der Waals surface area (Å²) < 4.78 is 25.4. The Morgan fingerprint density at radius 2 is 1.92 bits per heavy atom. The van der Waals surface area contributed by atoms with Crippen molar-refractivity contribution in [1.82, 2.24) is 4.90 Å². The van der Waals surface area contributed by atoms with Crippen molar-refractivity contribution in [3.8, 4) is 0 Å². The van der Waals surface area contributed by atoms with Crippen LogP contribution in [0.4, 0.5) is 5.69 Å². The highest BCUT2D eigenvalue weighted by Crippen LogP contribution is 2.22. The summed E-state index contributed by atoms with van der Waals surface area (Å²) in [5.41, 5.74) is 0.399. The lowest BCUT2D eigenvalue weighted by molar-refractivity contribution is -0.131. The number of hydrogen-bond donors (Lipinski definition) is 0. The highest BCUT2D eigenvalue weighted by atomic mass is 35.5. The van der Waals surface area contributed by atoms with Crippen LogP contribution < -0.4 is 4.31 Å². The fraction of sp³-hybridized carbons (Fsp3) is 0.588. The molecule has 5 nitrogen and oxygen atoms in total. The zero-order valence-electron chi connectivity index (χ0n) is 14.8. The van der Waals surface area contributed by atoms with Gasteiger partial charge in [0.05, 0.1) is 11.9 Å². The van der Waals surface area contributed by atoms with Crippen molar-refractivity contribution in [3.63, 3.8) is 0 Å². The first-order valence-electron chi connectivity index (χ1n) is 8.19. The summed E-state index contributed by atoms with van der Waals surface area (Å²) in [4.78, 5) is 14.4. The van der Waals surface area contributed by atoms with Gasteiger partial charge in [-0.15, -0.1) is 0 Å². The van der Waals surface area contributed by atoms with E-state index in [2.05, 4.69) is 6.92 Å². The van der Waals surface area contributed by atoms with Gasteiger partial charge >= 0.3 is 0 Å². The monoisotopic (exact) mass is 374 g/mol. The number of rotatable bonds is 9. The van der Waals surface area contributed by atoms with Crippen LogP contribution in [-0.2, 0) is 14.8 Å². The molecule has 0 heterocycles. The van der Waals surface area contributed by atoms with Crippen LogP contribution in [-0.4, -0.2) is 44.6 Å². The molecule has 24 heavy (non-hydrogen) atoms. The zero-order valence-corrected chi connectivity index (χ0v) is 16.4. The number of nitrogens with zero attached hydrogens (tertiary/aromatic N) is 2. The molecule has 0 unspecified atom stereocenters. The molecule has 1 aromatic carbocycles. The molecule has 1 aromatic rings. The van der Waals surface area contributed by atoms with E-state index in [9.17, 15) is 13.2 Å². The minimum absolute atomic E-state index is 0.0233. The van der Waals surface area contributed by atoms with E-state index in [0.29, 0.717) is 17.3 Å². The second-order valence-electron chi connectivity index (χ2n) is 6.14. The Labute approximate surface area is 150 Å². The Bertz CT molecular complexity index is 647. The highest BCUT2D eigenvalue weighted by Gasteiger charge is 2.25. The van der Waals surface area contributed by atoms with Crippen molar-refractivity contribution in [1.29, 1.82) is 0 Å². The largest absolute Gasteiger partial charge is 0.339 e. The average molecular weight is 375 g/mol. The Balaban J connectivity index is 2.98. The summed E-state index contributed by atoms with van der Waals surface area (Å²) in [6.45, 7) is 6.40. The van der Waals surface area contributed by atoms with Gasteiger partial charge in [-0.1, -0.05) is 37.4 Å². The molecule has 1 amide bonds. The second kappa shape index (κ2) is 9.28. The number of carbonyl (C=O) groups is 1. The molecule has 1 rings (SSSR count). The molecule has 136 valence electrons. The lowest BCUT2D eigenvalue weighted by Gasteiger charge is -2.30. The van der Waals surface area contributed by atoms with Crippen LogP contribution in [0.1, 0.15) is 40.0 Å². The Kier molecular flexibility index (Phi) is 8.03. The van der Waals surface area contributed by atoms with Gasteiger partial charge in [0.15, 0.2) is 0 Å². The maximum atomic E-state index is 12.7. The van der Waals surface area contributed by atoms with Gasteiger partial charge in [-0.05, 0) is 38.5 Å². The smallest absolute Gasteiger partial charge is 0.243 e. The van der Waals surface area contributed by atoms with Crippen molar-refractivity contribution in [3.05, 3.63) is 29.3 Å². The third-order valence-corrected chi connectivity index (χ3v) is 5.10. The molecule has 0 bridgehead atoms. The lowest BCUT2D eigenvalue weighted by atomic mass is 10.2. The summed E-state index contributed by atoms with van der Waals surface area (Å²) >= 11 is 5.96. The van der Waals surface area contributed by atoms with Crippen LogP contribution >= 0.6 is 11.6 Å². The van der Waals surface area contributed by atoms with Gasteiger partial charge in [-0.3, -0.25) is 9.10 Å². The third-order valence-electron chi connectivity index (χ3n) is 3.72. The number of halogens is 1. The quantitative estimate of drug-likeness (QED) is 0.621. The van der Waals surface area contributed by atoms with E-state index in [1.165, 1.54) is 0 Å². The van der Waals surface area contributed by atoms with E-state index in [-0.39, 0.29) is 18.5 Å². The first kappa shape index (κ1) is 20.8.